The van der Waals surface area contributed by atoms with Crippen molar-refractivity contribution in [3.05, 3.63) is 58.5 Å². The van der Waals surface area contributed by atoms with E-state index in [1.807, 2.05) is 37.3 Å². The van der Waals surface area contributed by atoms with Gasteiger partial charge in [-0.1, -0.05) is 23.7 Å². The van der Waals surface area contributed by atoms with E-state index in [-0.39, 0.29) is 6.04 Å². The summed E-state index contributed by atoms with van der Waals surface area (Å²) in [5.74, 6) is 6.45. The molecule has 0 aliphatic carbocycles. The molecule has 2 aromatic rings. The van der Waals surface area contributed by atoms with Crippen LogP contribution in [0, 0.1) is 6.92 Å². The number of nitrogens with one attached hydrogen (secondary N) is 1. The lowest BCUT2D eigenvalue weighted by atomic mass is 10.0. The summed E-state index contributed by atoms with van der Waals surface area (Å²) in [5, 5.41) is 0.736. The molecule has 90 valence electrons. The number of nitrogens with two attached hydrogens (primary N) is 1. The van der Waals surface area contributed by atoms with E-state index in [1.54, 1.807) is 6.26 Å². The third kappa shape index (κ3) is 2.88. The standard InChI is InChI=1S/C13H15ClN2O/c1-9-6-7-17-13(9)12(16-15)8-10-2-4-11(14)5-3-10/h2-7,12,16H,8,15H2,1H3. The molecule has 0 saturated heterocycles. The second kappa shape index (κ2) is 5.36. The summed E-state index contributed by atoms with van der Waals surface area (Å²) in [7, 11) is 0. The summed E-state index contributed by atoms with van der Waals surface area (Å²) >= 11 is 5.85. The van der Waals surface area contributed by atoms with Gasteiger partial charge in [-0.15, -0.1) is 0 Å². The van der Waals surface area contributed by atoms with Gasteiger partial charge in [0.2, 0.25) is 0 Å². The summed E-state index contributed by atoms with van der Waals surface area (Å²) in [4.78, 5) is 0. The van der Waals surface area contributed by atoms with Crippen molar-refractivity contribution < 1.29 is 4.42 Å². The molecule has 1 aromatic heterocycles. The maximum absolute atomic E-state index is 5.85. The molecule has 0 amide bonds. The minimum absolute atomic E-state index is 0.0221. The zero-order valence-corrected chi connectivity index (χ0v) is 10.4. The number of halogens is 1. The third-order valence-corrected chi connectivity index (χ3v) is 3.02. The smallest absolute Gasteiger partial charge is 0.125 e. The molecule has 1 unspecified atom stereocenters. The molecule has 0 bridgehead atoms. The molecule has 0 radical (unpaired) electrons. The summed E-state index contributed by atoms with van der Waals surface area (Å²) in [6.45, 7) is 2.00. The monoisotopic (exact) mass is 250 g/mol. The highest BCUT2D eigenvalue weighted by Crippen LogP contribution is 2.22. The van der Waals surface area contributed by atoms with E-state index in [2.05, 4.69) is 5.43 Å². The van der Waals surface area contributed by atoms with Gasteiger partial charge in [-0.3, -0.25) is 5.84 Å². The number of rotatable bonds is 4. The van der Waals surface area contributed by atoms with E-state index in [4.69, 9.17) is 21.9 Å². The Labute approximate surface area is 106 Å². The lowest BCUT2D eigenvalue weighted by molar-refractivity contribution is 0.413. The molecule has 3 N–H and O–H groups in total. The molecule has 0 saturated carbocycles. The van der Waals surface area contributed by atoms with Crippen LogP contribution in [0.5, 0.6) is 0 Å². The molecule has 1 heterocycles. The van der Waals surface area contributed by atoms with E-state index in [9.17, 15) is 0 Å². The third-order valence-electron chi connectivity index (χ3n) is 2.77. The van der Waals surface area contributed by atoms with Gasteiger partial charge in [0, 0.05) is 5.02 Å². The van der Waals surface area contributed by atoms with Crippen molar-refractivity contribution >= 4 is 11.6 Å². The molecule has 4 heteroatoms. The van der Waals surface area contributed by atoms with Crippen LogP contribution in [-0.2, 0) is 6.42 Å². The Bertz CT molecular complexity index is 478. The number of hydrazine groups is 1. The minimum atomic E-state index is -0.0221. The molecule has 17 heavy (non-hydrogen) atoms. The van der Waals surface area contributed by atoms with Crippen molar-refractivity contribution in [3.63, 3.8) is 0 Å². The molecule has 0 aliphatic rings. The van der Waals surface area contributed by atoms with Crippen LogP contribution in [-0.4, -0.2) is 0 Å². The number of hydrogen-bond acceptors (Lipinski definition) is 3. The van der Waals surface area contributed by atoms with E-state index < -0.39 is 0 Å². The quantitative estimate of drug-likeness (QED) is 0.648. The molecule has 1 aromatic carbocycles. The van der Waals surface area contributed by atoms with Crippen molar-refractivity contribution in [2.75, 3.05) is 0 Å². The predicted molar refractivity (Wildman–Crippen MR) is 68.7 cm³/mol. The van der Waals surface area contributed by atoms with Gasteiger partial charge in [0.15, 0.2) is 0 Å². The van der Waals surface area contributed by atoms with Crippen LogP contribution in [0.3, 0.4) is 0 Å². The van der Waals surface area contributed by atoms with E-state index >= 15 is 0 Å². The fourth-order valence-electron chi connectivity index (χ4n) is 1.82. The SMILES string of the molecule is Cc1ccoc1C(Cc1ccc(Cl)cc1)NN. The fraction of sp³-hybridized carbons (Fsp3) is 0.231. The van der Waals surface area contributed by atoms with Gasteiger partial charge in [0.05, 0.1) is 12.3 Å². The van der Waals surface area contributed by atoms with Crippen molar-refractivity contribution in [2.24, 2.45) is 5.84 Å². The zero-order valence-electron chi connectivity index (χ0n) is 9.61. The average Bonchev–Trinajstić information content (AvgIpc) is 2.75. The highest BCUT2D eigenvalue weighted by molar-refractivity contribution is 6.30. The first-order valence-electron chi connectivity index (χ1n) is 5.45. The molecule has 2 rings (SSSR count). The minimum Gasteiger partial charge on any atom is -0.467 e. The molecule has 3 nitrogen and oxygen atoms in total. The van der Waals surface area contributed by atoms with Crippen LogP contribution < -0.4 is 11.3 Å². The Balaban J connectivity index is 2.16. The first-order chi connectivity index (χ1) is 8.20. The Morgan fingerprint density at radius 2 is 2.00 bits per heavy atom. The van der Waals surface area contributed by atoms with Gasteiger partial charge in [0.25, 0.3) is 0 Å². The molecule has 0 aliphatic heterocycles. The fourth-order valence-corrected chi connectivity index (χ4v) is 1.95. The van der Waals surface area contributed by atoms with Gasteiger partial charge in [0.1, 0.15) is 5.76 Å². The first-order valence-corrected chi connectivity index (χ1v) is 5.83. The topological polar surface area (TPSA) is 51.2 Å². The Hall–Kier alpha value is -1.29. The second-order valence-electron chi connectivity index (χ2n) is 4.02. The van der Waals surface area contributed by atoms with Crippen LogP contribution >= 0.6 is 11.6 Å². The zero-order chi connectivity index (χ0) is 12.3. The van der Waals surface area contributed by atoms with Crippen LogP contribution in [0.25, 0.3) is 0 Å². The van der Waals surface area contributed by atoms with Gasteiger partial charge in [-0.05, 0) is 42.7 Å². The van der Waals surface area contributed by atoms with Crippen LogP contribution in [0.4, 0.5) is 0 Å². The molecular formula is C13H15ClN2O. The normalized spacial score (nSPS) is 12.6. The first kappa shape index (κ1) is 12.2. The molecule has 0 spiro atoms. The predicted octanol–water partition coefficient (Wildman–Crippen LogP) is 2.99. The molecule has 1 atom stereocenters. The largest absolute Gasteiger partial charge is 0.467 e. The second-order valence-corrected chi connectivity index (χ2v) is 4.45. The number of aryl methyl sites for hydroxylation is 1. The summed E-state index contributed by atoms with van der Waals surface area (Å²) < 4.78 is 5.44. The average molecular weight is 251 g/mol. The van der Waals surface area contributed by atoms with Gasteiger partial charge in [-0.2, -0.15) is 0 Å². The van der Waals surface area contributed by atoms with Gasteiger partial charge >= 0.3 is 0 Å². The van der Waals surface area contributed by atoms with E-state index in [1.165, 1.54) is 0 Å². The Kier molecular flexibility index (Phi) is 3.84. The van der Waals surface area contributed by atoms with Crippen LogP contribution in [0.15, 0.2) is 41.0 Å². The number of hydrogen-bond donors (Lipinski definition) is 2. The van der Waals surface area contributed by atoms with Gasteiger partial charge in [-0.25, -0.2) is 5.43 Å². The summed E-state index contributed by atoms with van der Waals surface area (Å²) in [5.41, 5.74) is 5.04. The Morgan fingerprint density at radius 1 is 1.29 bits per heavy atom. The van der Waals surface area contributed by atoms with Crippen molar-refractivity contribution in [1.82, 2.24) is 5.43 Å². The van der Waals surface area contributed by atoms with E-state index in [0.717, 1.165) is 28.3 Å². The summed E-state index contributed by atoms with van der Waals surface area (Å²) in [6, 6.07) is 9.64. The van der Waals surface area contributed by atoms with Crippen LogP contribution in [0.1, 0.15) is 22.9 Å². The highest BCUT2D eigenvalue weighted by Gasteiger charge is 2.15. The van der Waals surface area contributed by atoms with Gasteiger partial charge < -0.3 is 4.42 Å². The highest BCUT2D eigenvalue weighted by atomic mass is 35.5. The maximum Gasteiger partial charge on any atom is 0.125 e. The number of furan rings is 1. The Morgan fingerprint density at radius 3 is 2.53 bits per heavy atom. The lowest BCUT2D eigenvalue weighted by Crippen LogP contribution is -2.29. The van der Waals surface area contributed by atoms with E-state index in [0.29, 0.717) is 0 Å². The molecular weight excluding hydrogens is 236 g/mol. The van der Waals surface area contributed by atoms with Crippen molar-refractivity contribution in [3.8, 4) is 0 Å². The van der Waals surface area contributed by atoms with Crippen molar-refractivity contribution in [1.29, 1.82) is 0 Å². The maximum atomic E-state index is 5.85. The lowest BCUT2D eigenvalue weighted by Gasteiger charge is -2.14. The van der Waals surface area contributed by atoms with Crippen LogP contribution in [0.2, 0.25) is 5.02 Å². The molecule has 0 fully saturated rings. The number of benzene rings is 1. The summed E-state index contributed by atoms with van der Waals surface area (Å²) in [6.07, 6.45) is 2.44. The van der Waals surface area contributed by atoms with Crippen molar-refractivity contribution in [2.45, 2.75) is 19.4 Å².